The van der Waals surface area contributed by atoms with Crippen LogP contribution in [0.3, 0.4) is 0 Å². The molecule has 112 valence electrons. The summed E-state index contributed by atoms with van der Waals surface area (Å²) in [5, 5.41) is 7.02. The summed E-state index contributed by atoms with van der Waals surface area (Å²) in [7, 11) is 0. The molecule has 3 nitrogen and oxygen atoms in total. The van der Waals surface area contributed by atoms with Crippen molar-refractivity contribution < 1.29 is 0 Å². The van der Waals surface area contributed by atoms with Gasteiger partial charge >= 0.3 is 0 Å². The topological polar surface area (TPSA) is 28.2 Å². The Balaban J connectivity index is 1.63. The van der Waals surface area contributed by atoms with E-state index < -0.39 is 0 Å². The lowest BCUT2D eigenvalue weighted by molar-refractivity contribution is 0.118. The average Bonchev–Trinajstić information content (AvgIpc) is 3.02. The third kappa shape index (κ3) is 3.90. The molecule has 0 radical (unpaired) electrons. The smallest absolute Gasteiger partial charge is 0.107 e. The van der Waals surface area contributed by atoms with Crippen molar-refractivity contribution in [2.24, 2.45) is 0 Å². The molecule has 2 aromatic rings. The standard InChI is InChI=1S/C17H23N3S/c1-2-16-11-19-15(10-14-6-4-3-5-7-14)12-20(16)13-17-18-8-9-21-17/h3-9,15-16,19H,2,10-13H2,1H3. The first kappa shape index (κ1) is 14.7. The molecule has 0 bridgehead atoms. The van der Waals surface area contributed by atoms with Crippen LogP contribution in [-0.2, 0) is 13.0 Å². The van der Waals surface area contributed by atoms with Crippen molar-refractivity contribution in [3.8, 4) is 0 Å². The van der Waals surface area contributed by atoms with E-state index in [0.29, 0.717) is 12.1 Å². The second-order valence-electron chi connectivity index (χ2n) is 5.71. The predicted molar refractivity (Wildman–Crippen MR) is 88.5 cm³/mol. The van der Waals surface area contributed by atoms with Crippen LogP contribution >= 0.6 is 11.3 Å². The third-order valence-corrected chi connectivity index (χ3v) is 5.00. The van der Waals surface area contributed by atoms with Crippen molar-refractivity contribution in [2.75, 3.05) is 13.1 Å². The summed E-state index contributed by atoms with van der Waals surface area (Å²) in [6.07, 6.45) is 4.20. The zero-order chi connectivity index (χ0) is 14.5. The van der Waals surface area contributed by atoms with E-state index in [4.69, 9.17) is 0 Å². The molecular formula is C17H23N3S. The van der Waals surface area contributed by atoms with E-state index in [-0.39, 0.29) is 0 Å². The molecule has 1 aliphatic rings. The molecule has 2 heterocycles. The van der Waals surface area contributed by atoms with Crippen molar-refractivity contribution in [3.05, 3.63) is 52.5 Å². The van der Waals surface area contributed by atoms with E-state index in [2.05, 4.69) is 57.8 Å². The Morgan fingerprint density at radius 3 is 2.90 bits per heavy atom. The molecular weight excluding hydrogens is 278 g/mol. The van der Waals surface area contributed by atoms with Crippen LogP contribution in [0.15, 0.2) is 41.9 Å². The quantitative estimate of drug-likeness (QED) is 0.920. The molecule has 0 spiro atoms. The first-order valence-electron chi connectivity index (χ1n) is 7.75. The highest BCUT2D eigenvalue weighted by Gasteiger charge is 2.27. The Labute approximate surface area is 131 Å². The van der Waals surface area contributed by atoms with E-state index in [0.717, 1.165) is 26.1 Å². The first-order chi connectivity index (χ1) is 10.3. The molecule has 4 heteroatoms. The summed E-state index contributed by atoms with van der Waals surface area (Å²) in [6, 6.07) is 11.9. The summed E-state index contributed by atoms with van der Waals surface area (Å²) in [5.41, 5.74) is 1.42. The second kappa shape index (κ2) is 7.16. The highest BCUT2D eigenvalue weighted by Crippen LogP contribution is 2.17. The number of nitrogens with zero attached hydrogens (tertiary/aromatic N) is 2. The maximum Gasteiger partial charge on any atom is 0.107 e. The number of rotatable bonds is 5. The highest BCUT2D eigenvalue weighted by molar-refractivity contribution is 7.09. The maximum atomic E-state index is 4.44. The molecule has 1 aromatic heterocycles. The van der Waals surface area contributed by atoms with Crippen LogP contribution in [0.1, 0.15) is 23.9 Å². The van der Waals surface area contributed by atoms with Crippen molar-refractivity contribution in [3.63, 3.8) is 0 Å². The Morgan fingerprint density at radius 2 is 2.19 bits per heavy atom. The number of piperazine rings is 1. The van der Waals surface area contributed by atoms with Gasteiger partial charge in [-0.1, -0.05) is 37.3 Å². The molecule has 1 aromatic carbocycles. The second-order valence-corrected chi connectivity index (χ2v) is 6.69. The van der Waals surface area contributed by atoms with Crippen molar-refractivity contribution >= 4 is 11.3 Å². The lowest BCUT2D eigenvalue weighted by Crippen LogP contribution is -2.56. The van der Waals surface area contributed by atoms with Gasteiger partial charge in [0, 0.05) is 36.8 Å². The average molecular weight is 301 g/mol. The molecule has 0 amide bonds. The maximum absolute atomic E-state index is 4.44. The van der Waals surface area contributed by atoms with Gasteiger partial charge in [0.25, 0.3) is 0 Å². The van der Waals surface area contributed by atoms with Gasteiger partial charge in [0.05, 0.1) is 6.54 Å². The monoisotopic (exact) mass is 301 g/mol. The van der Waals surface area contributed by atoms with E-state index >= 15 is 0 Å². The number of hydrogen-bond donors (Lipinski definition) is 1. The minimum atomic E-state index is 0.537. The molecule has 3 rings (SSSR count). The van der Waals surface area contributed by atoms with Gasteiger partial charge in [-0.15, -0.1) is 11.3 Å². The summed E-state index contributed by atoms with van der Waals surface area (Å²) in [6.45, 7) is 5.45. The first-order valence-corrected chi connectivity index (χ1v) is 8.63. The van der Waals surface area contributed by atoms with Gasteiger partial charge in [-0.05, 0) is 18.4 Å². The Morgan fingerprint density at radius 1 is 1.33 bits per heavy atom. The number of hydrogen-bond acceptors (Lipinski definition) is 4. The Kier molecular flexibility index (Phi) is 5.01. The molecule has 1 saturated heterocycles. The normalized spacial score (nSPS) is 23.3. The van der Waals surface area contributed by atoms with Gasteiger partial charge in [0.15, 0.2) is 0 Å². The van der Waals surface area contributed by atoms with Gasteiger partial charge in [0.2, 0.25) is 0 Å². The summed E-state index contributed by atoms with van der Waals surface area (Å²) in [5.74, 6) is 0. The highest BCUT2D eigenvalue weighted by atomic mass is 32.1. The molecule has 2 unspecified atom stereocenters. The molecule has 1 N–H and O–H groups in total. The lowest BCUT2D eigenvalue weighted by Gasteiger charge is -2.40. The molecule has 0 saturated carbocycles. The fraction of sp³-hybridized carbons (Fsp3) is 0.471. The molecule has 1 aliphatic heterocycles. The van der Waals surface area contributed by atoms with Gasteiger partial charge in [-0.2, -0.15) is 0 Å². The predicted octanol–water partition coefficient (Wildman–Crippen LogP) is 2.94. The Hall–Kier alpha value is -1.23. The van der Waals surface area contributed by atoms with Crippen LogP contribution < -0.4 is 5.32 Å². The van der Waals surface area contributed by atoms with Crippen LogP contribution in [0.5, 0.6) is 0 Å². The number of thiazole rings is 1. The van der Waals surface area contributed by atoms with Crippen molar-refractivity contribution in [1.29, 1.82) is 0 Å². The Bertz CT molecular complexity index is 526. The SMILES string of the molecule is CCC1CNC(Cc2ccccc2)CN1Cc1nccs1. The van der Waals surface area contributed by atoms with Gasteiger partial charge in [0.1, 0.15) is 5.01 Å². The minimum Gasteiger partial charge on any atom is -0.311 e. The van der Waals surface area contributed by atoms with Crippen LogP contribution in [0.4, 0.5) is 0 Å². The summed E-state index contributed by atoms with van der Waals surface area (Å²) < 4.78 is 0. The number of benzene rings is 1. The van der Waals surface area contributed by atoms with E-state index in [1.807, 2.05) is 6.20 Å². The van der Waals surface area contributed by atoms with Gasteiger partial charge < -0.3 is 5.32 Å². The minimum absolute atomic E-state index is 0.537. The lowest BCUT2D eigenvalue weighted by atomic mass is 10.0. The molecule has 2 atom stereocenters. The van der Waals surface area contributed by atoms with E-state index in [9.17, 15) is 0 Å². The van der Waals surface area contributed by atoms with Gasteiger partial charge in [-0.3, -0.25) is 4.90 Å². The van der Waals surface area contributed by atoms with E-state index in [1.54, 1.807) is 11.3 Å². The largest absolute Gasteiger partial charge is 0.311 e. The zero-order valence-electron chi connectivity index (χ0n) is 12.5. The van der Waals surface area contributed by atoms with Crippen LogP contribution in [-0.4, -0.2) is 35.1 Å². The summed E-state index contributed by atoms with van der Waals surface area (Å²) >= 11 is 1.76. The third-order valence-electron chi connectivity index (χ3n) is 4.23. The fourth-order valence-corrected chi connectivity index (χ4v) is 3.71. The van der Waals surface area contributed by atoms with Gasteiger partial charge in [-0.25, -0.2) is 4.98 Å². The fourth-order valence-electron chi connectivity index (χ4n) is 3.06. The van der Waals surface area contributed by atoms with Crippen LogP contribution in [0.25, 0.3) is 0 Å². The van der Waals surface area contributed by atoms with E-state index in [1.165, 1.54) is 17.0 Å². The van der Waals surface area contributed by atoms with Crippen molar-refractivity contribution in [1.82, 2.24) is 15.2 Å². The molecule has 0 aliphatic carbocycles. The number of nitrogens with one attached hydrogen (secondary N) is 1. The van der Waals surface area contributed by atoms with Crippen LogP contribution in [0.2, 0.25) is 0 Å². The molecule has 1 fully saturated rings. The van der Waals surface area contributed by atoms with Crippen molar-refractivity contribution in [2.45, 2.75) is 38.4 Å². The molecule has 21 heavy (non-hydrogen) atoms. The number of aromatic nitrogens is 1. The zero-order valence-corrected chi connectivity index (χ0v) is 13.4. The van der Waals surface area contributed by atoms with Crippen LogP contribution in [0, 0.1) is 0 Å². The summed E-state index contributed by atoms with van der Waals surface area (Å²) in [4.78, 5) is 7.04.